The zero-order valence-electron chi connectivity index (χ0n) is 12.3. The lowest BCUT2D eigenvalue weighted by Crippen LogP contribution is -2.51. The Balaban J connectivity index is 1.66. The summed E-state index contributed by atoms with van der Waals surface area (Å²) in [6, 6.07) is 11.6. The molecule has 1 aliphatic rings. The van der Waals surface area contributed by atoms with Gasteiger partial charge in [0, 0.05) is 25.7 Å². The van der Waals surface area contributed by atoms with E-state index in [2.05, 4.69) is 47.5 Å². The average Bonchev–Trinajstić information content (AvgIpc) is 2.47. The molecule has 1 aromatic rings. The van der Waals surface area contributed by atoms with Crippen LogP contribution in [-0.4, -0.2) is 37.1 Å². The Morgan fingerprint density at radius 3 is 2.84 bits per heavy atom. The molecule has 2 rings (SSSR count). The first-order valence-electron chi connectivity index (χ1n) is 7.89. The summed E-state index contributed by atoms with van der Waals surface area (Å²) in [6.45, 7) is 7.16. The SMILES string of the molecule is CCCC1CNCCN1CCCCc1ccccc1. The fourth-order valence-electron chi connectivity index (χ4n) is 3.00. The van der Waals surface area contributed by atoms with Gasteiger partial charge in [0.05, 0.1) is 0 Å². The molecular formula is C17H28N2. The number of unbranched alkanes of at least 4 members (excludes halogenated alkanes) is 1. The van der Waals surface area contributed by atoms with Crippen LogP contribution in [0.15, 0.2) is 30.3 Å². The molecule has 2 heteroatoms. The number of aryl methyl sites for hydroxylation is 1. The minimum atomic E-state index is 0.774. The second-order valence-electron chi connectivity index (χ2n) is 5.63. The Kier molecular flexibility index (Phi) is 6.38. The molecule has 1 saturated heterocycles. The summed E-state index contributed by atoms with van der Waals surface area (Å²) in [5, 5.41) is 3.52. The second kappa shape index (κ2) is 8.34. The van der Waals surface area contributed by atoms with Crippen LogP contribution in [0, 0.1) is 0 Å². The maximum atomic E-state index is 3.52. The molecule has 2 nitrogen and oxygen atoms in total. The van der Waals surface area contributed by atoms with Crippen LogP contribution in [0.4, 0.5) is 0 Å². The van der Waals surface area contributed by atoms with E-state index in [1.165, 1.54) is 63.8 Å². The molecule has 1 N–H and O–H groups in total. The van der Waals surface area contributed by atoms with Gasteiger partial charge in [-0.2, -0.15) is 0 Å². The largest absolute Gasteiger partial charge is 0.314 e. The maximum absolute atomic E-state index is 3.52. The van der Waals surface area contributed by atoms with Gasteiger partial charge in [0.25, 0.3) is 0 Å². The molecule has 1 heterocycles. The van der Waals surface area contributed by atoms with Crippen LogP contribution in [0.1, 0.15) is 38.2 Å². The molecular weight excluding hydrogens is 232 g/mol. The van der Waals surface area contributed by atoms with Gasteiger partial charge < -0.3 is 5.32 Å². The van der Waals surface area contributed by atoms with E-state index < -0.39 is 0 Å². The van der Waals surface area contributed by atoms with Gasteiger partial charge in [-0.15, -0.1) is 0 Å². The Morgan fingerprint density at radius 1 is 1.21 bits per heavy atom. The van der Waals surface area contributed by atoms with Crippen LogP contribution in [0.2, 0.25) is 0 Å². The van der Waals surface area contributed by atoms with Crippen molar-refractivity contribution in [1.29, 1.82) is 0 Å². The van der Waals surface area contributed by atoms with Gasteiger partial charge in [-0.1, -0.05) is 43.7 Å². The third-order valence-corrected chi connectivity index (χ3v) is 4.10. The summed E-state index contributed by atoms with van der Waals surface area (Å²) >= 11 is 0. The highest BCUT2D eigenvalue weighted by Crippen LogP contribution is 2.12. The van der Waals surface area contributed by atoms with Crippen LogP contribution >= 0.6 is 0 Å². The highest BCUT2D eigenvalue weighted by molar-refractivity contribution is 5.14. The van der Waals surface area contributed by atoms with Gasteiger partial charge in [0.15, 0.2) is 0 Å². The van der Waals surface area contributed by atoms with Gasteiger partial charge >= 0.3 is 0 Å². The summed E-state index contributed by atoms with van der Waals surface area (Å²) in [7, 11) is 0. The van der Waals surface area contributed by atoms with E-state index in [-0.39, 0.29) is 0 Å². The van der Waals surface area contributed by atoms with Crippen molar-refractivity contribution in [2.45, 2.75) is 45.1 Å². The Morgan fingerprint density at radius 2 is 2.05 bits per heavy atom. The number of piperazine rings is 1. The molecule has 0 aliphatic carbocycles. The van der Waals surface area contributed by atoms with Gasteiger partial charge in [-0.25, -0.2) is 0 Å². The van der Waals surface area contributed by atoms with Crippen molar-refractivity contribution in [3.63, 3.8) is 0 Å². The Labute approximate surface area is 118 Å². The van der Waals surface area contributed by atoms with Crippen LogP contribution in [-0.2, 0) is 6.42 Å². The predicted molar refractivity (Wildman–Crippen MR) is 82.5 cm³/mol. The molecule has 0 bridgehead atoms. The van der Waals surface area contributed by atoms with E-state index in [9.17, 15) is 0 Å². The standard InChI is InChI=1S/C17H28N2/c1-2-8-17-15-18-12-14-19(17)13-7-6-11-16-9-4-3-5-10-16/h3-5,9-10,17-18H,2,6-8,11-15H2,1H3. The zero-order chi connectivity index (χ0) is 13.3. The van der Waals surface area contributed by atoms with E-state index in [4.69, 9.17) is 0 Å². The number of benzene rings is 1. The lowest BCUT2D eigenvalue weighted by atomic mass is 10.1. The molecule has 0 spiro atoms. The van der Waals surface area contributed by atoms with Crippen molar-refractivity contribution in [1.82, 2.24) is 10.2 Å². The van der Waals surface area contributed by atoms with E-state index in [1.807, 2.05) is 0 Å². The van der Waals surface area contributed by atoms with Crippen molar-refractivity contribution in [2.75, 3.05) is 26.2 Å². The summed E-state index contributed by atoms with van der Waals surface area (Å²) in [5.41, 5.74) is 1.48. The molecule has 1 aromatic carbocycles. The fourth-order valence-corrected chi connectivity index (χ4v) is 3.00. The van der Waals surface area contributed by atoms with Crippen molar-refractivity contribution in [2.24, 2.45) is 0 Å². The number of hydrogen-bond acceptors (Lipinski definition) is 2. The van der Waals surface area contributed by atoms with E-state index in [0.29, 0.717) is 0 Å². The van der Waals surface area contributed by atoms with Gasteiger partial charge in [-0.05, 0) is 37.8 Å². The van der Waals surface area contributed by atoms with Crippen molar-refractivity contribution in [3.05, 3.63) is 35.9 Å². The molecule has 106 valence electrons. The summed E-state index contributed by atoms with van der Waals surface area (Å²) < 4.78 is 0. The quantitative estimate of drug-likeness (QED) is 0.758. The zero-order valence-corrected chi connectivity index (χ0v) is 12.3. The summed E-state index contributed by atoms with van der Waals surface area (Å²) in [5.74, 6) is 0. The Bertz CT molecular complexity index is 334. The van der Waals surface area contributed by atoms with Gasteiger partial charge in [0.2, 0.25) is 0 Å². The highest BCUT2D eigenvalue weighted by Gasteiger charge is 2.20. The average molecular weight is 260 g/mol. The molecule has 0 aromatic heterocycles. The van der Waals surface area contributed by atoms with Gasteiger partial charge in [-0.3, -0.25) is 4.90 Å². The number of rotatable bonds is 7. The van der Waals surface area contributed by atoms with Crippen LogP contribution < -0.4 is 5.32 Å². The fraction of sp³-hybridized carbons (Fsp3) is 0.647. The van der Waals surface area contributed by atoms with E-state index >= 15 is 0 Å². The summed E-state index contributed by atoms with van der Waals surface area (Å²) in [4.78, 5) is 2.70. The summed E-state index contributed by atoms with van der Waals surface area (Å²) in [6.07, 6.45) is 6.51. The molecule has 19 heavy (non-hydrogen) atoms. The first-order valence-corrected chi connectivity index (χ1v) is 7.89. The monoisotopic (exact) mass is 260 g/mol. The molecule has 0 saturated carbocycles. The first kappa shape index (κ1) is 14.5. The lowest BCUT2D eigenvalue weighted by molar-refractivity contribution is 0.150. The number of hydrogen-bond donors (Lipinski definition) is 1. The smallest absolute Gasteiger partial charge is 0.0221 e. The van der Waals surface area contributed by atoms with Gasteiger partial charge in [0.1, 0.15) is 0 Å². The maximum Gasteiger partial charge on any atom is 0.0221 e. The third kappa shape index (κ3) is 4.96. The van der Waals surface area contributed by atoms with Crippen LogP contribution in [0.3, 0.4) is 0 Å². The minimum absolute atomic E-state index is 0.774. The minimum Gasteiger partial charge on any atom is -0.314 e. The molecule has 1 unspecified atom stereocenters. The molecule has 0 radical (unpaired) electrons. The lowest BCUT2D eigenvalue weighted by Gasteiger charge is -2.36. The number of nitrogens with zero attached hydrogens (tertiary/aromatic N) is 1. The van der Waals surface area contributed by atoms with E-state index in [0.717, 1.165) is 6.04 Å². The Hall–Kier alpha value is -0.860. The van der Waals surface area contributed by atoms with Crippen molar-refractivity contribution in [3.8, 4) is 0 Å². The highest BCUT2D eigenvalue weighted by atomic mass is 15.2. The van der Waals surface area contributed by atoms with Crippen molar-refractivity contribution < 1.29 is 0 Å². The predicted octanol–water partition coefficient (Wildman–Crippen LogP) is 3.08. The van der Waals surface area contributed by atoms with Crippen LogP contribution in [0.5, 0.6) is 0 Å². The second-order valence-corrected chi connectivity index (χ2v) is 5.63. The molecule has 1 aliphatic heterocycles. The number of nitrogens with one attached hydrogen (secondary N) is 1. The first-order chi connectivity index (χ1) is 9.40. The molecule has 0 amide bonds. The van der Waals surface area contributed by atoms with E-state index in [1.54, 1.807) is 0 Å². The van der Waals surface area contributed by atoms with Crippen molar-refractivity contribution >= 4 is 0 Å². The van der Waals surface area contributed by atoms with Crippen LogP contribution in [0.25, 0.3) is 0 Å². The topological polar surface area (TPSA) is 15.3 Å². The molecule has 1 fully saturated rings. The molecule has 1 atom stereocenters. The third-order valence-electron chi connectivity index (χ3n) is 4.10. The normalized spacial score (nSPS) is 20.6.